The van der Waals surface area contributed by atoms with E-state index >= 15 is 0 Å². The van der Waals surface area contributed by atoms with Crippen molar-refractivity contribution in [3.8, 4) is 0 Å². The molecule has 0 aliphatic heterocycles. The van der Waals surface area contributed by atoms with Crippen molar-refractivity contribution in [2.45, 2.75) is 6.92 Å². The molecule has 2 N–H and O–H groups in total. The van der Waals surface area contributed by atoms with E-state index in [0.29, 0.717) is 10.2 Å². The van der Waals surface area contributed by atoms with Crippen molar-refractivity contribution in [1.82, 2.24) is 15.4 Å². The van der Waals surface area contributed by atoms with Gasteiger partial charge in [-0.15, -0.1) is 0 Å². The third-order valence-corrected chi connectivity index (χ3v) is 2.77. The molecule has 2 aromatic rings. The number of aryl methyl sites for hydroxylation is 1. The molecule has 1 amide bonds. The number of nitrogens with zero attached hydrogens (tertiary/aromatic N) is 2. The quantitative estimate of drug-likeness (QED) is 0.893. The zero-order valence-electron chi connectivity index (χ0n) is 8.79. The standard InChI is InChI=1S/C10H8BrFN4O/c1-5-2-6(11)7(12)3-8(5)14-10(17)9-4-13-16-15-9/h2-4H,1H3,(H,14,17)(H,13,15,16). The predicted octanol–water partition coefficient (Wildman–Crippen LogP) is 2.27. The molecule has 1 aromatic carbocycles. The van der Waals surface area contributed by atoms with Crippen molar-refractivity contribution < 1.29 is 9.18 Å². The van der Waals surface area contributed by atoms with Gasteiger partial charge in [-0.25, -0.2) is 4.39 Å². The maximum absolute atomic E-state index is 13.3. The third-order valence-electron chi connectivity index (χ3n) is 2.16. The average molecular weight is 299 g/mol. The summed E-state index contributed by atoms with van der Waals surface area (Å²) in [5.74, 6) is -0.880. The summed E-state index contributed by atoms with van der Waals surface area (Å²) in [6.07, 6.45) is 1.29. The van der Waals surface area contributed by atoms with Gasteiger partial charge in [-0.05, 0) is 40.5 Å². The summed E-state index contributed by atoms with van der Waals surface area (Å²) < 4.78 is 13.7. The number of nitrogens with one attached hydrogen (secondary N) is 2. The lowest BCUT2D eigenvalue weighted by Gasteiger charge is -2.07. The van der Waals surface area contributed by atoms with E-state index in [0.717, 1.165) is 5.56 Å². The van der Waals surface area contributed by atoms with E-state index in [9.17, 15) is 9.18 Å². The molecule has 2 rings (SSSR count). The second-order valence-corrected chi connectivity index (χ2v) is 4.24. The van der Waals surface area contributed by atoms with Crippen LogP contribution in [0.4, 0.5) is 10.1 Å². The van der Waals surface area contributed by atoms with Gasteiger partial charge in [-0.3, -0.25) is 4.79 Å². The van der Waals surface area contributed by atoms with E-state index < -0.39 is 11.7 Å². The van der Waals surface area contributed by atoms with Crippen molar-refractivity contribution in [3.05, 3.63) is 39.9 Å². The number of carbonyl (C=O) groups is 1. The average Bonchev–Trinajstić information content (AvgIpc) is 2.79. The summed E-state index contributed by atoms with van der Waals surface area (Å²) in [4.78, 5) is 11.7. The topological polar surface area (TPSA) is 70.7 Å². The lowest BCUT2D eigenvalue weighted by atomic mass is 10.2. The first-order valence-electron chi connectivity index (χ1n) is 4.70. The van der Waals surface area contributed by atoms with Crippen LogP contribution in [0.5, 0.6) is 0 Å². The Balaban J connectivity index is 2.25. The lowest BCUT2D eigenvalue weighted by Crippen LogP contribution is -2.13. The van der Waals surface area contributed by atoms with E-state index in [2.05, 4.69) is 36.7 Å². The molecule has 5 nitrogen and oxygen atoms in total. The minimum atomic E-state index is -0.441. The van der Waals surface area contributed by atoms with Gasteiger partial charge in [0.2, 0.25) is 0 Å². The number of aromatic amines is 1. The van der Waals surface area contributed by atoms with Gasteiger partial charge >= 0.3 is 0 Å². The summed E-state index contributed by atoms with van der Waals surface area (Å²) in [5, 5.41) is 12.0. The first kappa shape index (κ1) is 11.7. The second kappa shape index (κ2) is 4.62. The Morgan fingerprint density at radius 2 is 2.29 bits per heavy atom. The van der Waals surface area contributed by atoms with Crippen molar-refractivity contribution >= 4 is 27.5 Å². The van der Waals surface area contributed by atoms with Crippen LogP contribution < -0.4 is 5.32 Å². The molecule has 0 saturated carbocycles. The molecule has 0 radical (unpaired) electrons. The first-order valence-corrected chi connectivity index (χ1v) is 5.50. The van der Waals surface area contributed by atoms with Gasteiger partial charge < -0.3 is 5.32 Å². The third kappa shape index (κ3) is 2.50. The van der Waals surface area contributed by atoms with Crippen LogP contribution in [0.15, 0.2) is 22.8 Å². The van der Waals surface area contributed by atoms with Gasteiger partial charge in [0.25, 0.3) is 5.91 Å². The predicted molar refractivity (Wildman–Crippen MR) is 63.2 cm³/mol. The number of anilines is 1. The number of hydrogen-bond acceptors (Lipinski definition) is 3. The van der Waals surface area contributed by atoms with Gasteiger partial charge in [-0.1, -0.05) is 0 Å². The molecule has 0 saturated heterocycles. The molecule has 7 heteroatoms. The Bertz CT molecular complexity index is 556. The molecule has 17 heavy (non-hydrogen) atoms. The molecule has 0 spiro atoms. The lowest BCUT2D eigenvalue weighted by molar-refractivity contribution is 0.102. The Morgan fingerprint density at radius 3 is 2.94 bits per heavy atom. The zero-order chi connectivity index (χ0) is 12.4. The number of amides is 1. The fraction of sp³-hybridized carbons (Fsp3) is 0.100. The number of aromatic nitrogens is 3. The summed E-state index contributed by atoms with van der Waals surface area (Å²) >= 11 is 3.07. The van der Waals surface area contributed by atoms with Gasteiger partial charge in [0.1, 0.15) is 5.82 Å². The molecule has 0 fully saturated rings. The van der Waals surface area contributed by atoms with Crippen LogP contribution in [0, 0.1) is 12.7 Å². The van der Waals surface area contributed by atoms with Crippen LogP contribution in [0.1, 0.15) is 16.1 Å². The fourth-order valence-electron chi connectivity index (χ4n) is 1.28. The maximum Gasteiger partial charge on any atom is 0.277 e. The summed E-state index contributed by atoms with van der Waals surface area (Å²) in [5.41, 5.74) is 1.29. The monoisotopic (exact) mass is 298 g/mol. The zero-order valence-corrected chi connectivity index (χ0v) is 10.4. The molecular formula is C10H8BrFN4O. The number of rotatable bonds is 2. The number of hydrogen-bond donors (Lipinski definition) is 2. The van der Waals surface area contributed by atoms with E-state index in [-0.39, 0.29) is 5.69 Å². The summed E-state index contributed by atoms with van der Waals surface area (Å²) in [6, 6.07) is 2.84. The second-order valence-electron chi connectivity index (χ2n) is 3.39. The van der Waals surface area contributed by atoms with Crippen molar-refractivity contribution in [2.24, 2.45) is 0 Å². The minimum absolute atomic E-state index is 0.146. The summed E-state index contributed by atoms with van der Waals surface area (Å²) in [6.45, 7) is 1.77. The van der Waals surface area contributed by atoms with Crippen LogP contribution in [0.2, 0.25) is 0 Å². The highest BCUT2D eigenvalue weighted by Gasteiger charge is 2.12. The molecule has 0 aliphatic rings. The van der Waals surface area contributed by atoms with Crippen LogP contribution in [0.25, 0.3) is 0 Å². The summed E-state index contributed by atoms with van der Waals surface area (Å²) in [7, 11) is 0. The highest BCUT2D eigenvalue weighted by Crippen LogP contribution is 2.24. The SMILES string of the molecule is Cc1cc(Br)c(F)cc1NC(=O)c1cn[nH]n1. The highest BCUT2D eigenvalue weighted by atomic mass is 79.9. The molecule has 0 unspecified atom stereocenters. The fourth-order valence-corrected chi connectivity index (χ4v) is 1.74. The number of halogens is 2. The Kier molecular flexibility index (Phi) is 3.19. The Morgan fingerprint density at radius 1 is 1.53 bits per heavy atom. The van der Waals surface area contributed by atoms with Gasteiger partial charge in [0, 0.05) is 5.69 Å². The Hall–Kier alpha value is -1.76. The van der Waals surface area contributed by atoms with E-state index in [1.54, 1.807) is 13.0 Å². The van der Waals surface area contributed by atoms with Crippen LogP contribution in [0.3, 0.4) is 0 Å². The van der Waals surface area contributed by atoms with E-state index in [1.807, 2.05) is 0 Å². The molecule has 1 heterocycles. The largest absolute Gasteiger partial charge is 0.320 e. The van der Waals surface area contributed by atoms with Gasteiger partial charge in [0.05, 0.1) is 10.7 Å². The molecular weight excluding hydrogens is 291 g/mol. The molecule has 0 atom stereocenters. The van der Waals surface area contributed by atoms with Crippen molar-refractivity contribution in [1.29, 1.82) is 0 Å². The molecule has 0 bridgehead atoms. The van der Waals surface area contributed by atoms with Crippen LogP contribution in [-0.2, 0) is 0 Å². The van der Waals surface area contributed by atoms with E-state index in [1.165, 1.54) is 12.3 Å². The molecule has 0 aliphatic carbocycles. The number of carbonyl (C=O) groups excluding carboxylic acids is 1. The molecule has 1 aromatic heterocycles. The Labute approximate surface area is 105 Å². The van der Waals surface area contributed by atoms with Crippen molar-refractivity contribution in [3.63, 3.8) is 0 Å². The maximum atomic E-state index is 13.3. The smallest absolute Gasteiger partial charge is 0.277 e. The van der Waals surface area contributed by atoms with Gasteiger partial charge in [0.15, 0.2) is 5.69 Å². The normalized spacial score (nSPS) is 10.3. The van der Waals surface area contributed by atoms with Crippen LogP contribution >= 0.6 is 15.9 Å². The van der Waals surface area contributed by atoms with Crippen LogP contribution in [-0.4, -0.2) is 21.3 Å². The van der Waals surface area contributed by atoms with Gasteiger partial charge in [-0.2, -0.15) is 15.4 Å². The number of H-pyrrole nitrogens is 1. The van der Waals surface area contributed by atoms with E-state index in [4.69, 9.17) is 0 Å². The highest BCUT2D eigenvalue weighted by molar-refractivity contribution is 9.10. The molecule has 88 valence electrons. The first-order chi connectivity index (χ1) is 8.08. The van der Waals surface area contributed by atoms with Crippen molar-refractivity contribution in [2.75, 3.05) is 5.32 Å². The number of benzene rings is 1. The minimum Gasteiger partial charge on any atom is -0.320 e.